The van der Waals surface area contributed by atoms with Crippen molar-refractivity contribution in [3.63, 3.8) is 0 Å². The molecule has 1 heterocycles. The van der Waals surface area contributed by atoms with Gasteiger partial charge in [-0.3, -0.25) is 14.2 Å². The molecule has 30 heavy (non-hydrogen) atoms. The second-order valence-electron chi connectivity index (χ2n) is 7.88. The molecule has 1 N–H and O–H groups in total. The molecule has 0 bridgehead atoms. The minimum absolute atomic E-state index is 0.0233. The number of nitrogens with zero attached hydrogens (tertiary/aromatic N) is 2. The highest BCUT2D eigenvalue weighted by Gasteiger charge is 2.22. The first-order chi connectivity index (χ1) is 14.6. The molecule has 1 aromatic heterocycles. The molecule has 7 heteroatoms. The maximum absolute atomic E-state index is 13.1. The number of amides is 1. The van der Waals surface area contributed by atoms with Crippen LogP contribution < -0.4 is 10.9 Å². The summed E-state index contributed by atoms with van der Waals surface area (Å²) in [4.78, 5) is 30.6. The number of para-hydroxylation sites is 1. The summed E-state index contributed by atoms with van der Waals surface area (Å²) in [6, 6.07) is 7.65. The van der Waals surface area contributed by atoms with Crippen molar-refractivity contribution in [2.45, 2.75) is 81.8 Å². The molecule has 0 aliphatic heterocycles. The number of nitrogens with one attached hydrogen (secondary N) is 1. The Balaban J connectivity index is 1.76. The van der Waals surface area contributed by atoms with Crippen LogP contribution in [0.4, 0.5) is 0 Å². The van der Waals surface area contributed by atoms with E-state index >= 15 is 0 Å². The molecule has 1 saturated carbocycles. The molecule has 1 unspecified atom stereocenters. The summed E-state index contributed by atoms with van der Waals surface area (Å²) in [5.41, 5.74) is 0.610. The zero-order valence-electron chi connectivity index (χ0n) is 18.1. The number of hydrogen-bond acceptors (Lipinski definition) is 5. The van der Waals surface area contributed by atoms with Gasteiger partial charge in [0.05, 0.1) is 16.2 Å². The topological polar surface area (TPSA) is 73.2 Å². The van der Waals surface area contributed by atoms with Gasteiger partial charge in [-0.1, -0.05) is 49.6 Å². The molecule has 0 saturated heterocycles. The third kappa shape index (κ3) is 6.08. The van der Waals surface area contributed by atoms with Gasteiger partial charge in [-0.2, -0.15) is 0 Å². The van der Waals surface area contributed by atoms with Crippen molar-refractivity contribution in [3.8, 4) is 0 Å². The van der Waals surface area contributed by atoms with Crippen molar-refractivity contribution in [2.24, 2.45) is 0 Å². The van der Waals surface area contributed by atoms with E-state index in [-0.39, 0.29) is 22.8 Å². The number of ether oxygens (including phenoxy) is 1. The van der Waals surface area contributed by atoms with Crippen LogP contribution in [0.5, 0.6) is 0 Å². The summed E-state index contributed by atoms with van der Waals surface area (Å²) in [7, 11) is 0. The molecule has 1 aromatic carbocycles. The Labute approximate surface area is 182 Å². The first-order valence-electron chi connectivity index (χ1n) is 11.1. The van der Waals surface area contributed by atoms with Gasteiger partial charge in [0.1, 0.15) is 0 Å². The van der Waals surface area contributed by atoms with Gasteiger partial charge in [0.15, 0.2) is 5.16 Å². The van der Waals surface area contributed by atoms with Gasteiger partial charge in [-0.05, 0) is 45.2 Å². The Morgan fingerprint density at radius 2 is 2.00 bits per heavy atom. The summed E-state index contributed by atoms with van der Waals surface area (Å²) in [5, 5.41) is 4.10. The molecule has 2 aromatic rings. The van der Waals surface area contributed by atoms with E-state index in [1.807, 2.05) is 32.0 Å². The van der Waals surface area contributed by atoms with Crippen LogP contribution in [0.25, 0.3) is 10.9 Å². The van der Waals surface area contributed by atoms with Crippen LogP contribution in [-0.4, -0.2) is 40.0 Å². The fraction of sp³-hybridized carbons (Fsp3) is 0.609. The summed E-state index contributed by atoms with van der Waals surface area (Å²) < 4.78 is 7.13. The monoisotopic (exact) mass is 431 g/mol. The predicted molar refractivity (Wildman–Crippen MR) is 122 cm³/mol. The number of carbonyl (C=O) groups is 1. The highest BCUT2D eigenvalue weighted by atomic mass is 32.2. The second kappa shape index (κ2) is 11.5. The van der Waals surface area contributed by atoms with Crippen molar-refractivity contribution >= 4 is 28.6 Å². The maximum atomic E-state index is 13.1. The molecule has 6 nitrogen and oxygen atoms in total. The van der Waals surface area contributed by atoms with E-state index in [0.717, 1.165) is 19.3 Å². The molecule has 1 amide bonds. The molecular formula is C23H33N3O3S. The number of aromatic nitrogens is 2. The number of rotatable bonds is 9. The average Bonchev–Trinajstić information content (AvgIpc) is 3.01. The lowest BCUT2D eigenvalue weighted by Gasteiger charge is -2.20. The van der Waals surface area contributed by atoms with E-state index < -0.39 is 0 Å². The van der Waals surface area contributed by atoms with Crippen molar-refractivity contribution in [1.29, 1.82) is 0 Å². The van der Waals surface area contributed by atoms with Crippen LogP contribution in [-0.2, 0) is 16.1 Å². The highest BCUT2D eigenvalue weighted by Crippen LogP contribution is 2.24. The Kier molecular flexibility index (Phi) is 8.75. The van der Waals surface area contributed by atoms with Gasteiger partial charge in [-0.15, -0.1) is 0 Å². The lowest BCUT2D eigenvalue weighted by molar-refractivity contribution is -0.121. The van der Waals surface area contributed by atoms with Gasteiger partial charge in [-0.25, -0.2) is 4.98 Å². The van der Waals surface area contributed by atoms with Gasteiger partial charge in [0.25, 0.3) is 5.56 Å². The highest BCUT2D eigenvalue weighted by molar-refractivity contribution is 8.00. The van der Waals surface area contributed by atoms with Gasteiger partial charge in [0.2, 0.25) is 5.91 Å². The molecule has 3 rings (SSSR count). The van der Waals surface area contributed by atoms with E-state index in [2.05, 4.69) is 5.32 Å². The fourth-order valence-electron chi connectivity index (χ4n) is 3.86. The van der Waals surface area contributed by atoms with Crippen LogP contribution in [0, 0.1) is 0 Å². The molecule has 1 aliphatic carbocycles. The zero-order chi connectivity index (χ0) is 21.3. The predicted octanol–water partition coefficient (Wildman–Crippen LogP) is 4.14. The quantitative estimate of drug-likeness (QED) is 0.280. The molecular weight excluding hydrogens is 398 g/mol. The SMILES string of the molecule is CCOCCCn1c(SC(C)C(=O)NC2CCCCCC2)nc2ccccc2c1=O. The third-order valence-corrected chi connectivity index (χ3v) is 6.64. The first-order valence-corrected chi connectivity index (χ1v) is 12.0. The molecule has 164 valence electrons. The fourth-order valence-corrected chi connectivity index (χ4v) is 4.80. The summed E-state index contributed by atoms with van der Waals surface area (Å²) >= 11 is 1.36. The average molecular weight is 432 g/mol. The van der Waals surface area contributed by atoms with Crippen molar-refractivity contribution in [2.75, 3.05) is 13.2 Å². The van der Waals surface area contributed by atoms with Crippen LogP contribution in [0.2, 0.25) is 0 Å². The molecule has 1 aliphatic rings. The van der Waals surface area contributed by atoms with Crippen LogP contribution in [0.1, 0.15) is 58.8 Å². The standard InChI is InChI=1S/C23H33N3O3S/c1-3-29-16-10-15-26-22(28)19-13-8-9-14-20(19)25-23(26)30-17(2)21(27)24-18-11-6-4-5-7-12-18/h8-9,13-14,17-18H,3-7,10-12,15-16H2,1-2H3,(H,24,27). The summed E-state index contributed by atoms with van der Waals surface area (Å²) in [5.74, 6) is 0.0233. The van der Waals surface area contributed by atoms with Crippen LogP contribution in [0.3, 0.4) is 0 Å². The molecule has 0 spiro atoms. The number of hydrogen-bond donors (Lipinski definition) is 1. The van der Waals surface area contributed by atoms with Gasteiger partial charge in [0, 0.05) is 25.8 Å². The molecule has 1 atom stereocenters. The minimum Gasteiger partial charge on any atom is -0.382 e. The second-order valence-corrected chi connectivity index (χ2v) is 9.18. The van der Waals surface area contributed by atoms with Gasteiger partial charge < -0.3 is 10.1 Å². The van der Waals surface area contributed by atoms with Crippen molar-refractivity contribution < 1.29 is 9.53 Å². The Bertz CT molecular complexity index is 891. The van der Waals surface area contributed by atoms with E-state index in [1.54, 1.807) is 10.6 Å². The lowest BCUT2D eigenvalue weighted by atomic mass is 10.1. The van der Waals surface area contributed by atoms with E-state index in [4.69, 9.17) is 9.72 Å². The maximum Gasteiger partial charge on any atom is 0.262 e. The molecule has 0 radical (unpaired) electrons. The summed E-state index contributed by atoms with van der Waals surface area (Å²) in [6.07, 6.45) is 7.70. The normalized spacial score (nSPS) is 16.3. The Morgan fingerprint density at radius 1 is 1.27 bits per heavy atom. The number of fused-ring (bicyclic) bond motifs is 1. The van der Waals surface area contributed by atoms with Crippen LogP contribution in [0.15, 0.2) is 34.2 Å². The third-order valence-electron chi connectivity index (χ3n) is 5.55. The minimum atomic E-state index is -0.320. The first kappa shape index (κ1) is 22.8. The number of carbonyl (C=O) groups excluding carboxylic acids is 1. The Morgan fingerprint density at radius 3 is 2.73 bits per heavy atom. The summed E-state index contributed by atoms with van der Waals surface area (Å²) in [6.45, 7) is 5.63. The largest absolute Gasteiger partial charge is 0.382 e. The van der Waals surface area contributed by atoms with Crippen molar-refractivity contribution in [3.05, 3.63) is 34.6 Å². The van der Waals surface area contributed by atoms with E-state index in [1.165, 1.54) is 37.4 Å². The Hall–Kier alpha value is -1.86. The zero-order valence-corrected chi connectivity index (χ0v) is 18.9. The van der Waals surface area contributed by atoms with Gasteiger partial charge >= 0.3 is 0 Å². The number of thioether (sulfide) groups is 1. The van der Waals surface area contributed by atoms with Crippen molar-refractivity contribution in [1.82, 2.24) is 14.9 Å². The number of benzene rings is 1. The smallest absolute Gasteiger partial charge is 0.262 e. The molecule has 1 fully saturated rings. The van der Waals surface area contributed by atoms with E-state index in [0.29, 0.717) is 35.8 Å². The van der Waals surface area contributed by atoms with E-state index in [9.17, 15) is 9.59 Å². The lowest BCUT2D eigenvalue weighted by Crippen LogP contribution is -2.39. The van der Waals surface area contributed by atoms with Crippen LogP contribution >= 0.6 is 11.8 Å².